The van der Waals surface area contributed by atoms with Crippen molar-refractivity contribution >= 4 is 5.97 Å². The number of hydrogen-bond acceptors (Lipinski definition) is 4. The van der Waals surface area contributed by atoms with Crippen molar-refractivity contribution < 1.29 is 14.3 Å². The molecule has 1 aromatic rings. The van der Waals surface area contributed by atoms with Gasteiger partial charge in [0.15, 0.2) is 0 Å². The highest BCUT2D eigenvalue weighted by molar-refractivity contribution is 5.75. The molecule has 0 aromatic heterocycles. The van der Waals surface area contributed by atoms with Crippen molar-refractivity contribution in [1.29, 1.82) is 5.26 Å². The average molecular weight is 233 g/mol. The Labute approximate surface area is 101 Å². The van der Waals surface area contributed by atoms with Crippen LogP contribution in [0.2, 0.25) is 0 Å². The molecule has 17 heavy (non-hydrogen) atoms. The second-order valence-electron chi connectivity index (χ2n) is 3.38. The smallest absolute Gasteiger partial charge is 0.323 e. The lowest BCUT2D eigenvalue weighted by Crippen LogP contribution is -2.18. The highest BCUT2D eigenvalue weighted by Crippen LogP contribution is 2.11. The molecular formula is C13H15NO3. The summed E-state index contributed by atoms with van der Waals surface area (Å²) in [6, 6.07) is 11.2. The molecule has 0 saturated carbocycles. The molecule has 0 aliphatic carbocycles. The van der Waals surface area contributed by atoms with Crippen LogP contribution in [0.3, 0.4) is 0 Å². The summed E-state index contributed by atoms with van der Waals surface area (Å²) in [4.78, 5) is 11.3. The number of ether oxygens (including phenoxy) is 2. The van der Waals surface area contributed by atoms with Crippen molar-refractivity contribution in [3.05, 3.63) is 30.3 Å². The Morgan fingerprint density at radius 1 is 1.41 bits per heavy atom. The molecule has 1 aromatic carbocycles. The third-order valence-corrected chi connectivity index (χ3v) is 2.15. The van der Waals surface area contributed by atoms with Crippen molar-refractivity contribution in [3.8, 4) is 11.8 Å². The molecule has 0 aliphatic heterocycles. The molecule has 0 amide bonds. The summed E-state index contributed by atoms with van der Waals surface area (Å²) in [5, 5.41) is 8.81. The number of benzene rings is 1. The van der Waals surface area contributed by atoms with Crippen molar-refractivity contribution in [3.63, 3.8) is 0 Å². The molecule has 0 saturated heterocycles. The fraction of sp³-hybridized carbons (Fsp3) is 0.385. The second kappa shape index (κ2) is 7.29. The molecule has 0 bridgehead atoms. The van der Waals surface area contributed by atoms with Crippen LogP contribution in [0.15, 0.2) is 30.3 Å². The number of para-hydroxylation sites is 1. The summed E-state index contributed by atoms with van der Waals surface area (Å²) in [6.45, 7) is 2.32. The van der Waals surface area contributed by atoms with E-state index in [9.17, 15) is 4.79 Å². The zero-order valence-corrected chi connectivity index (χ0v) is 9.76. The predicted octanol–water partition coefficient (Wildman–Crippen LogP) is 2.16. The predicted molar refractivity (Wildman–Crippen MR) is 62.3 cm³/mol. The van der Waals surface area contributed by atoms with E-state index in [2.05, 4.69) is 0 Å². The van der Waals surface area contributed by atoms with E-state index in [1.54, 1.807) is 6.92 Å². The normalized spacial score (nSPS) is 11.3. The fourth-order valence-corrected chi connectivity index (χ4v) is 1.29. The van der Waals surface area contributed by atoms with Crippen LogP contribution in [-0.2, 0) is 9.53 Å². The van der Waals surface area contributed by atoms with Crippen molar-refractivity contribution in [1.82, 2.24) is 0 Å². The summed E-state index contributed by atoms with van der Waals surface area (Å²) in [6.07, 6.45) is 0.338. The molecule has 1 unspecified atom stereocenters. The molecule has 0 spiro atoms. The van der Waals surface area contributed by atoms with E-state index >= 15 is 0 Å². The van der Waals surface area contributed by atoms with E-state index in [0.29, 0.717) is 13.0 Å². The van der Waals surface area contributed by atoms with E-state index < -0.39 is 11.9 Å². The zero-order valence-electron chi connectivity index (χ0n) is 9.76. The minimum absolute atomic E-state index is 0.288. The summed E-state index contributed by atoms with van der Waals surface area (Å²) < 4.78 is 10.2. The number of carbonyl (C=O) groups excluding carboxylic acids is 1. The standard InChI is InChI=1S/C13H15NO3/c1-2-16-13(15)11(10-14)8-9-17-12-6-4-3-5-7-12/h3-7,11H,2,8-9H2,1H3. The van der Waals surface area contributed by atoms with Crippen molar-refractivity contribution in [2.24, 2.45) is 5.92 Å². The first-order chi connectivity index (χ1) is 8.27. The van der Waals surface area contributed by atoms with Crippen LogP contribution in [0.25, 0.3) is 0 Å². The lowest BCUT2D eigenvalue weighted by Gasteiger charge is -2.09. The van der Waals surface area contributed by atoms with Gasteiger partial charge in [0.2, 0.25) is 0 Å². The average Bonchev–Trinajstić information content (AvgIpc) is 2.36. The van der Waals surface area contributed by atoms with Gasteiger partial charge in [-0.3, -0.25) is 4.79 Å². The van der Waals surface area contributed by atoms with Crippen LogP contribution in [0.5, 0.6) is 5.75 Å². The molecule has 0 radical (unpaired) electrons. The molecule has 0 fully saturated rings. The summed E-state index contributed by atoms with van der Waals surface area (Å²) in [5.74, 6) is -0.502. The Bertz CT molecular complexity index is 383. The van der Waals surface area contributed by atoms with Gasteiger partial charge < -0.3 is 9.47 Å². The minimum atomic E-state index is -0.751. The second-order valence-corrected chi connectivity index (χ2v) is 3.38. The minimum Gasteiger partial charge on any atom is -0.494 e. The quantitative estimate of drug-likeness (QED) is 0.706. The molecular weight excluding hydrogens is 218 g/mol. The van der Waals surface area contributed by atoms with Crippen LogP contribution < -0.4 is 4.74 Å². The van der Waals surface area contributed by atoms with Gasteiger partial charge in [0, 0.05) is 6.42 Å². The molecule has 1 rings (SSSR count). The third kappa shape index (κ3) is 4.56. The molecule has 0 aliphatic rings. The van der Waals surface area contributed by atoms with Crippen molar-refractivity contribution in [2.75, 3.05) is 13.2 Å². The van der Waals surface area contributed by atoms with Crippen molar-refractivity contribution in [2.45, 2.75) is 13.3 Å². The zero-order chi connectivity index (χ0) is 12.5. The maximum atomic E-state index is 11.3. The number of nitriles is 1. The van der Waals surface area contributed by atoms with E-state index in [0.717, 1.165) is 5.75 Å². The van der Waals surface area contributed by atoms with E-state index in [4.69, 9.17) is 14.7 Å². The first-order valence-corrected chi connectivity index (χ1v) is 5.52. The fourth-order valence-electron chi connectivity index (χ4n) is 1.29. The van der Waals surface area contributed by atoms with Gasteiger partial charge in [0.05, 0.1) is 19.3 Å². The first kappa shape index (κ1) is 13.0. The van der Waals surface area contributed by atoms with Gasteiger partial charge >= 0.3 is 5.97 Å². The SMILES string of the molecule is CCOC(=O)C(C#N)CCOc1ccccc1. The Kier molecular flexibility index (Phi) is 5.59. The van der Waals surface area contributed by atoms with Gasteiger partial charge in [-0.15, -0.1) is 0 Å². The van der Waals surface area contributed by atoms with Gasteiger partial charge in [-0.2, -0.15) is 5.26 Å². The lowest BCUT2D eigenvalue weighted by atomic mass is 10.1. The van der Waals surface area contributed by atoms with Gasteiger partial charge in [-0.05, 0) is 19.1 Å². The van der Waals surface area contributed by atoms with Crippen LogP contribution in [0, 0.1) is 17.2 Å². The molecule has 4 nitrogen and oxygen atoms in total. The van der Waals surface area contributed by atoms with Gasteiger partial charge in [-0.25, -0.2) is 0 Å². The molecule has 4 heteroatoms. The van der Waals surface area contributed by atoms with E-state index in [1.165, 1.54) is 0 Å². The summed E-state index contributed by atoms with van der Waals surface area (Å²) in [5.41, 5.74) is 0. The Morgan fingerprint density at radius 2 is 2.12 bits per heavy atom. The Balaban J connectivity index is 2.34. The topological polar surface area (TPSA) is 59.3 Å². The first-order valence-electron chi connectivity index (χ1n) is 5.52. The lowest BCUT2D eigenvalue weighted by molar-refractivity contribution is -0.146. The number of rotatable bonds is 6. The van der Waals surface area contributed by atoms with Crippen LogP contribution in [0.4, 0.5) is 0 Å². The molecule has 1 atom stereocenters. The van der Waals surface area contributed by atoms with E-state index in [1.807, 2.05) is 36.4 Å². The molecule has 90 valence electrons. The maximum Gasteiger partial charge on any atom is 0.323 e. The summed E-state index contributed by atoms with van der Waals surface area (Å²) >= 11 is 0. The highest BCUT2D eigenvalue weighted by atomic mass is 16.5. The third-order valence-electron chi connectivity index (χ3n) is 2.15. The van der Waals surface area contributed by atoms with Gasteiger partial charge in [-0.1, -0.05) is 18.2 Å². The highest BCUT2D eigenvalue weighted by Gasteiger charge is 2.18. The van der Waals surface area contributed by atoms with E-state index in [-0.39, 0.29) is 6.61 Å². The number of esters is 1. The molecule has 0 heterocycles. The molecule has 0 N–H and O–H groups in total. The van der Waals surface area contributed by atoms with Crippen LogP contribution in [-0.4, -0.2) is 19.2 Å². The number of nitrogens with zero attached hydrogens (tertiary/aromatic N) is 1. The monoisotopic (exact) mass is 233 g/mol. The number of carbonyl (C=O) groups is 1. The van der Waals surface area contributed by atoms with Crippen LogP contribution in [0.1, 0.15) is 13.3 Å². The summed E-state index contributed by atoms with van der Waals surface area (Å²) in [7, 11) is 0. The van der Waals surface area contributed by atoms with Gasteiger partial charge in [0.1, 0.15) is 11.7 Å². The van der Waals surface area contributed by atoms with Crippen LogP contribution >= 0.6 is 0 Å². The number of hydrogen-bond donors (Lipinski definition) is 0. The Morgan fingerprint density at radius 3 is 2.71 bits per heavy atom. The Hall–Kier alpha value is -2.02. The van der Waals surface area contributed by atoms with Gasteiger partial charge in [0.25, 0.3) is 0 Å². The maximum absolute atomic E-state index is 11.3. The largest absolute Gasteiger partial charge is 0.494 e.